The first-order chi connectivity index (χ1) is 12.7. The summed E-state index contributed by atoms with van der Waals surface area (Å²) in [6.45, 7) is 1.95. The number of benzene rings is 2. The Balaban J connectivity index is 1.92. The summed E-state index contributed by atoms with van der Waals surface area (Å²) in [5.41, 5.74) is 1.22. The van der Waals surface area contributed by atoms with Crippen LogP contribution in [0.5, 0.6) is 5.75 Å². The molecule has 0 heterocycles. The van der Waals surface area contributed by atoms with Gasteiger partial charge in [-0.25, -0.2) is 12.8 Å². The van der Waals surface area contributed by atoms with Gasteiger partial charge in [0.25, 0.3) is 0 Å². The second-order valence-electron chi connectivity index (χ2n) is 5.88. The first kappa shape index (κ1) is 21.0. The summed E-state index contributed by atoms with van der Waals surface area (Å²) in [5, 5.41) is 2.36. The summed E-state index contributed by atoms with van der Waals surface area (Å²) in [5.74, 6) is -0.520. The second-order valence-corrected chi connectivity index (χ2v) is 8.19. The minimum Gasteiger partial charge on any atom is -0.492 e. The van der Waals surface area contributed by atoms with E-state index in [4.69, 9.17) is 16.3 Å². The third-order valence-electron chi connectivity index (χ3n) is 3.59. The van der Waals surface area contributed by atoms with E-state index in [1.54, 1.807) is 0 Å². The zero-order valence-corrected chi connectivity index (χ0v) is 16.5. The Hall–Kier alpha value is -2.32. The van der Waals surface area contributed by atoms with Crippen molar-refractivity contribution < 1.29 is 22.3 Å². The molecule has 0 saturated carbocycles. The van der Waals surface area contributed by atoms with Crippen molar-refractivity contribution in [1.29, 1.82) is 0 Å². The first-order valence-electron chi connectivity index (χ1n) is 8.06. The van der Waals surface area contributed by atoms with Crippen LogP contribution in [0.2, 0.25) is 5.02 Å². The third-order valence-corrected chi connectivity index (χ3v) is 5.02. The predicted octanol–water partition coefficient (Wildman–Crippen LogP) is 2.75. The predicted molar refractivity (Wildman–Crippen MR) is 103 cm³/mol. The molecule has 1 N–H and O–H groups in total. The molecule has 0 aliphatic carbocycles. The van der Waals surface area contributed by atoms with E-state index in [2.05, 4.69) is 5.32 Å². The molecule has 9 heteroatoms. The summed E-state index contributed by atoms with van der Waals surface area (Å²) in [6.07, 6.45) is 0.956. The van der Waals surface area contributed by atoms with Crippen molar-refractivity contribution >= 4 is 33.2 Å². The SMILES string of the molecule is Cc1ccc(OCCNC(=O)CN(c2ccc(F)c(Cl)c2)S(C)(=O)=O)cc1. The van der Waals surface area contributed by atoms with Crippen LogP contribution >= 0.6 is 11.6 Å². The van der Waals surface area contributed by atoms with E-state index >= 15 is 0 Å². The number of hydrogen-bond donors (Lipinski definition) is 1. The highest BCUT2D eigenvalue weighted by Gasteiger charge is 2.21. The number of hydrogen-bond acceptors (Lipinski definition) is 4. The maximum atomic E-state index is 13.3. The number of rotatable bonds is 8. The highest BCUT2D eigenvalue weighted by Crippen LogP contribution is 2.24. The molecule has 0 saturated heterocycles. The molecule has 0 atom stereocenters. The number of ether oxygens (including phenoxy) is 1. The number of nitrogens with one attached hydrogen (secondary N) is 1. The normalized spacial score (nSPS) is 11.1. The van der Waals surface area contributed by atoms with Gasteiger partial charge in [0.05, 0.1) is 23.5 Å². The van der Waals surface area contributed by atoms with E-state index in [9.17, 15) is 17.6 Å². The van der Waals surface area contributed by atoms with Crippen molar-refractivity contribution in [3.05, 3.63) is 58.9 Å². The van der Waals surface area contributed by atoms with E-state index in [0.717, 1.165) is 28.3 Å². The summed E-state index contributed by atoms with van der Waals surface area (Å²) >= 11 is 5.70. The Morgan fingerprint density at radius 2 is 1.89 bits per heavy atom. The fraction of sp³-hybridized carbons (Fsp3) is 0.278. The van der Waals surface area contributed by atoms with Crippen molar-refractivity contribution in [1.82, 2.24) is 5.32 Å². The highest BCUT2D eigenvalue weighted by molar-refractivity contribution is 7.92. The molecule has 0 radical (unpaired) electrons. The molecule has 6 nitrogen and oxygen atoms in total. The number of carbonyl (C=O) groups is 1. The molecule has 0 bridgehead atoms. The van der Waals surface area contributed by atoms with Gasteiger partial charge in [-0.15, -0.1) is 0 Å². The lowest BCUT2D eigenvalue weighted by Gasteiger charge is -2.22. The number of aryl methyl sites for hydroxylation is 1. The molecule has 146 valence electrons. The Kier molecular flexibility index (Phi) is 7.04. The number of halogens is 2. The van der Waals surface area contributed by atoms with Gasteiger partial charge in [-0.3, -0.25) is 9.10 Å². The maximum Gasteiger partial charge on any atom is 0.240 e. The van der Waals surface area contributed by atoms with Crippen LogP contribution in [-0.4, -0.2) is 40.3 Å². The second kappa shape index (κ2) is 9.05. The van der Waals surface area contributed by atoms with Crippen LogP contribution in [0.25, 0.3) is 0 Å². The average molecular weight is 415 g/mol. The van der Waals surface area contributed by atoms with E-state index in [1.165, 1.54) is 6.07 Å². The molecule has 0 aromatic heterocycles. The van der Waals surface area contributed by atoms with Gasteiger partial charge >= 0.3 is 0 Å². The number of amides is 1. The molecule has 2 aromatic rings. The van der Waals surface area contributed by atoms with Crippen LogP contribution in [0, 0.1) is 12.7 Å². The van der Waals surface area contributed by atoms with Gasteiger partial charge in [-0.05, 0) is 37.3 Å². The quantitative estimate of drug-likeness (QED) is 0.674. The monoisotopic (exact) mass is 414 g/mol. The molecule has 1 amide bonds. The first-order valence-corrected chi connectivity index (χ1v) is 10.3. The lowest BCUT2D eigenvalue weighted by atomic mass is 10.2. The topological polar surface area (TPSA) is 75.7 Å². The number of carbonyl (C=O) groups excluding carboxylic acids is 1. The van der Waals surface area contributed by atoms with Gasteiger partial charge in [0.1, 0.15) is 24.7 Å². The van der Waals surface area contributed by atoms with Crippen molar-refractivity contribution in [3.63, 3.8) is 0 Å². The van der Waals surface area contributed by atoms with Gasteiger partial charge in [-0.1, -0.05) is 29.3 Å². The smallest absolute Gasteiger partial charge is 0.240 e. The van der Waals surface area contributed by atoms with Crippen molar-refractivity contribution in [2.45, 2.75) is 6.92 Å². The van der Waals surface area contributed by atoms with E-state index in [-0.39, 0.29) is 23.9 Å². The Morgan fingerprint density at radius 1 is 1.22 bits per heavy atom. The van der Waals surface area contributed by atoms with Gasteiger partial charge in [0, 0.05) is 0 Å². The summed E-state index contributed by atoms with van der Waals surface area (Å²) in [6, 6.07) is 10.9. The molecule has 0 fully saturated rings. The van der Waals surface area contributed by atoms with Crippen LogP contribution in [0.15, 0.2) is 42.5 Å². The Bertz CT molecular complexity index is 904. The standard InChI is InChI=1S/C18H20ClFN2O4S/c1-13-3-6-15(7-4-13)26-10-9-21-18(23)12-22(27(2,24)25)14-5-8-17(20)16(19)11-14/h3-8,11H,9-10,12H2,1-2H3,(H,21,23). The molecular weight excluding hydrogens is 395 g/mol. The highest BCUT2D eigenvalue weighted by atomic mass is 35.5. The third kappa shape index (κ3) is 6.41. The average Bonchev–Trinajstić information content (AvgIpc) is 2.60. The molecular formula is C18H20ClFN2O4S. The van der Waals surface area contributed by atoms with Crippen LogP contribution in [0.1, 0.15) is 5.56 Å². The molecule has 2 rings (SSSR count). The van der Waals surface area contributed by atoms with Crippen LogP contribution in [0.4, 0.5) is 10.1 Å². The largest absolute Gasteiger partial charge is 0.492 e. The van der Waals surface area contributed by atoms with Crippen molar-refractivity contribution in [3.8, 4) is 5.75 Å². The van der Waals surface area contributed by atoms with Gasteiger partial charge in [0.15, 0.2) is 0 Å². The van der Waals surface area contributed by atoms with Crippen LogP contribution in [0.3, 0.4) is 0 Å². The van der Waals surface area contributed by atoms with Gasteiger partial charge in [0.2, 0.25) is 15.9 Å². The van der Waals surface area contributed by atoms with E-state index < -0.39 is 28.3 Å². The van der Waals surface area contributed by atoms with Gasteiger partial charge < -0.3 is 10.1 Å². The number of sulfonamides is 1. The molecule has 0 aliphatic heterocycles. The summed E-state index contributed by atoms with van der Waals surface area (Å²) in [7, 11) is -3.76. The maximum absolute atomic E-state index is 13.3. The van der Waals surface area contributed by atoms with Crippen LogP contribution < -0.4 is 14.4 Å². The number of nitrogens with zero attached hydrogens (tertiary/aromatic N) is 1. The fourth-order valence-corrected chi connectivity index (χ4v) is 3.24. The molecule has 0 unspecified atom stereocenters. The van der Waals surface area contributed by atoms with E-state index in [1.807, 2.05) is 31.2 Å². The molecule has 0 aliphatic rings. The lowest BCUT2D eigenvalue weighted by molar-refractivity contribution is -0.119. The summed E-state index contributed by atoms with van der Waals surface area (Å²) in [4.78, 5) is 12.1. The molecule has 27 heavy (non-hydrogen) atoms. The fourth-order valence-electron chi connectivity index (χ4n) is 2.22. The molecule has 0 spiro atoms. The van der Waals surface area contributed by atoms with Crippen LogP contribution in [-0.2, 0) is 14.8 Å². The van der Waals surface area contributed by atoms with Crippen molar-refractivity contribution in [2.75, 3.05) is 30.3 Å². The van der Waals surface area contributed by atoms with Crippen molar-refractivity contribution in [2.24, 2.45) is 0 Å². The zero-order valence-electron chi connectivity index (χ0n) is 14.9. The Labute approximate surface area is 162 Å². The Morgan fingerprint density at radius 3 is 2.48 bits per heavy atom. The minimum atomic E-state index is -3.76. The van der Waals surface area contributed by atoms with Gasteiger partial charge in [-0.2, -0.15) is 0 Å². The molecule has 2 aromatic carbocycles. The summed E-state index contributed by atoms with van der Waals surface area (Å²) < 4.78 is 43.6. The minimum absolute atomic E-state index is 0.106. The lowest BCUT2D eigenvalue weighted by Crippen LogP contribution is -2.41. The zero-order chi connectivity index (χ0) is 20.0. The number of anilines is 1. The van der Waals surface area contributed by atoms with E-state index in [0.29, 0.717) is 5.75 Å².